The summed E-state index contributed by atoms with van der Waals surface area (Å²) in [5.41, 5.74) is 12.6. The minimum absolute atomic E-state index is 0.0501. The lowest BCUT2D eigenvalue weighted by atomic mass is 9.99. The lowest BCUT2D eigenvalue weighted by Gasteiger charge is -2.11. The van der Waals surface area contributed by atoms with Crippen LogP contribution in [0.2, 0.25) is 0 Å². The van der Waals surface area contributed by atoms with E-state index in [1.165, 1.54) is 43.7 Å². The number of nitrogens with zero attached hydrogens (tertiary/aromatic N) is 2. The summed E-state index contributed by atoms with van der Waals surface area (Å²) in [7, 11) is 0. The topological polar surface area (TPSA) is 66.8 Å². The molecule has 0 saturated heterocycles. The molecule has 0 amide bonds. The maximum absolute atomic E-state index is 8.54. The Labute approximate surface area is 317 Å². The molecule has 0 aliphatic rings. The predicted molar refractivity (Wildman–Crippen MR) is 227 cm³/mol. The fraction of sp³-hybridized carbons (Fsp3) is 0. The van der Waals surface area contributed by atoms with Crippen LogP contribution in [0.3, 0.4) is 0 Å². The zero-order valence-corrected chi connectivity index (χ0v) is 29.8. The number of fused-ring (bicyclic) bond motifs is 6. The number of hydrogen-bond acceptors (Lipinski definition) is 3. The van der Waals surface area contributed by atoms with Crippen molar-refractivity contribution in [2.24, 2.45) is 0 Å². The zero-order valence-electron chi connectivity index (χ0n) is 29.8. The van der Waals surface area contributed by atoms with E-state index in [1.807, 2.05) is 42.5 Å². The lowest BCUT2D eigenvalue weighted by Crippen LogP contribution is -2.12. The first kappa shape index (κ1) is 32.2. The maximum Gasteiger partial charge on any atom is 0.221 e. The van der Waals surface area contributed by atoms with Crippen LogP contribution in [0.4, 0.5) is 0 Å². The standard InChI is InChI=1S/C50H34N4O/c51-49(34-14-6-2-7-15-34)55-50(52)35-20-25-40(26-21-35)54-45-19-11-10-18-41(45)42-31-37(23-28-46(42)54)38-24-29-48-44(32-38)43-30-36(33-12-4-1-5-13-33)22-27-47(43)53(48)39-16-8-3-9-17-39/h1-32,51-52H. The molecule has 260 valence electrons. The van der Waals surface area contributed by atoms with E-state index in [1.54, 1.807) is 12.1 Å². The second-order valence-corrected chi connectivity index (χ2v) is 13.8. The van der Waals surface area contributed by atoms with Gasteiger partial charge >= 0.3 is 0 Å². The van der Waals surface area contributed by atoms with Crippen LogP contribution < -0.4 is 0 Å². The molecule has 55 heavy (non-hydrogen) atoms. The summed E-state index contributed by atoms with van der Waals surface area (Å²) in [6.07, 6.45) is 0. The average molecular weight is 707 g/mol. The third-order valence-electron chi connectivity index (χ3n) is 10.5. The first-order valence-electron chi connectivity index (χ1n) is 18.3. The van der Waals surface area contributed by atoms with E-state index in [0.29, 0.717) is 11.1 Å². The van der Waals surface area contributed by atoms with Gasteiger partial charge in [0.1, 0.15) is 0 Å². The highest BCUT2D eigenvalue weighted by atomic mass is 16.5. The van der Waals surface area contributed by atoms with Crippen molar-refractivity contribution in [3.05, 3.63) is 205 Å². The van der Waals surface area contributed by atoms with E-state index in [9.17, 15) is 0 Å². The van der Waals surface area contributed by atoms with Crippen molar-refractivity contribution in [3.8, 4) is 33.6 Å². The highest BCUT2D eigenvalue weighted by Crippen LogP contribution is 2.39. The van der Waals surface area contributed by atoms with Gasteiger partial charge < -0.3 is 13.9 Å². The average Bonchev–Trinajstić information content (AvgIpc) is 3.76. The fourth-order valence-electron chi connectivity index (χ4n) is 7.87. The number of ether oxygens (including phenoxy) is 1. The number of benzene rings is 8. The Morgan fingerprint density at radius 3 is 1.29 bits per heavy atom. The van der Waals surface area contributed by atoms with Crippen LogP contribution in [0.1, 0.15) is 11.1 Å². The Balaban J connectivity index is 1.06. The van der Waals surface area contributed by atoms with Gasteiger partial charge in [0, 0.05) is 44.0 Å². The molecular weight excluding hydrogens is 673 g/mol. The van der Waals surface area contributed by atoms with Gasteiger partial charge in [0.05, 0.1) is 22.1 Å². The van der Waals surface area contributed by atoms with Gasteiger partial charge in [0.2, 0.25) is 11.8 Å². The summed E-state index contributed by atoms with van der Waals surface area (Å²) >= 11 is 0. The molecule has 0 aliphatic carbocycles. The van der Waals surface area contributed by atoms with Crippen LogP contribution in [0, 0.1) is 10.8 Å². The zero-order chi connectivity index (χ0) is 36.9. The normalized spacial score (nSPS) is 11.4. The molecule has 2 heterocycles. The molecule has 10 rings (SSSR count). The van der Waals surface area contributed by atoms with Crippen LogP contribution in [-0.4, -0.2) is 20.9 Å². The van der Waals surface area contributed by atoms with E-state index in [0.717, 1.165) is 33.5 Å². The van der Waals surface area contributed by atoms with E-state index < -0.39 is 0 Å². The molecule has 0 spiro atoms. The van der Waals surface area contributed by atoms with Crippen molar-refractivity contribution in [1.82, 2.24) is 9.13 Å². The Morgan fingerprint density at radius 1 is 0.327 bits per heavy atom. The SMILES string of the molecule is N=C(OC(=N)c1ccc(-n2c3ccccc3c3cc(-c4ccc5c(c4)c4cc(-c6ccccc6)ccc4n5-c4ccccc4)ccc32)cc1)c1ccccc1. The Morgan fingerprint density at radius 2 is 0.727 bits per heavy atom. The molecule has 5 heteroatoms. The van der Waals surface area contributed by atoms with Crippen LogP contribution in [-0.2, 0) is 4.74 Å². The molecule has 0 fully saturated rings. The summed E-state index contributed by atoms with van der Waals surface area (Å²) in [5, 5.41) is 21.6. The Kier molecular flexibility index (Phi) is 7.70. The lowest BCUT2D eigenvalue weighted by molar-refractivity contribution is 0.538. The van der Waals surface area contributed by atoms with Gasteiger partial charge in [-0.2, -0.15) is 0 Å². The smallest absolute Gasteiger partial charge is 0.221 e. The van der Waals surface area contributed by atoms with Crippen molar-refractivity contribution in [1.29, 1.82) is 10.8 Å². The third-order valence-corrected chi connectivity index (χ3v) is 10.5. The van der Waals surface area contributed by atoms with Gasteiger partial charge in [-0.3, -0.25) is 10.8 Å². The molecular formula is C50H34N4O. The van der Waals surface area contributed by atoms with Crippen molar-refractivity contribution < 1.29 is 4.74 Å². The molecule has 0 radical (unpaired) electrons. The number of para-hydroxylation sites is 2. The van der Waals surface area contributed by atoms with Crippen LogP contribution in [0.25, 0.3) is 77.2 Å². The second kappa shape index (κ2) is 13.2. The molecule has 8 aromatic carbocycles. The van der Waals surface area contributed by atoms with Gasteiger partial charge in [-0.05, 0) is 113 Å². The predicted octanol–water partition coefficient (Wildman–Crippen LogP) is 12.6. The van der Waals surface area contributed by atoms with Crippen molar-refractivity contribution in [2.45, 2.75) is 0 Å². The molecule has 10 aromatic rings. The first-order valence-corrected chi connectivity index (χ1v) is 18.3. The Hall–Kier alpha value is -7.50. The summed E-state index contributed by atoms with van der Waals surface area (Å²) in [6.45, 7) is 0. The van der Waals surface area contributed by atoms with Crippen LogP contribution in [0.5, 0.6) is 0 Å². The molecule has 0 unspecified atom stereocenters. The molecule has 0 bridgehead atoms. The minimum Gasteiger partial charge on any atom is -0.421 e. The summed E-state index contributed by atoms with van der Waals surface area (Å²) < 4.78 is 10.2. The van der Waals surface area contributed by atoms with Gasteiger partial charge in [0.25, 0.3) is 0 Å². The van der Waals surface area contributed by atoms with Crippen molar-refractivity contribution in [2.75, 3.05) is 0 Å². The fourth-order valence-corrected chi connectivity index (χ4v) is 7.87. The molecule has 2 aromatic heterocycles. The highest BCUT2D eigenvalue weighted by Gasteiger charge is 2.17. The number of nitrogens with one attached hydrogen (secondary N) is 2. The van der Waals surface area contributed by atoms with Gasteiger partial charge in [-0.25, -0.2) is 0 Å². The van der Waals surface area contributed by atoms with Gasteiger partial charge in [-0.1, -0.05) is 103 Å². The molecule has 0 atom stereocenters. The monoisotopic (exact) mass is 706 g/mol. The van der Waals surface area contributed by atoms with E-state index in [4.69, 9.17) is 15.6 Å². The molecule has 0 saturated carbocycles. The van der Waals surface area contributed by atoms with Crippen molar-refractivity contribution >= 4 is 55.4 Å². The summed E-state index contributed by atoms with van der Waals surface area (Å²) in [5.74, 6) is -0.113. The van der Waals surface area contributed by atoms with Crippen LogP contribution in [0.15, 0.2) is 194 Å². The van der Waals surface area contributed by atoms with E-state index >= 15 is 0 Å². The minimum atomic E-state index is -0.0626. The highest BCUT2D eigenvalue weighted by molar-refractivity contribution is 6.13. The molecule has 2 N–H and O–H groups in total. The van der Waals surface area contributed by atoms with Gasteiger partial charge in [-0.15, -0.1) is 0 Å². The Bertz CT molecular complexity index is 3070. The van der Waals surface area contributed by atoms with E-state index in [2.05, 4.69) is 149 Å². The van der Waals surface area contributed by atoms with Crippen LogP contribution >= 0.6 is 0 Å². The van der Waals surface area contributed by atoms with E-state index in [-0.39, 0.29) is 11.8 Å². The number of aromatic nitrogens is 2. The van der Waals surface area contributed by atoms with Gasteiger partial charge in [0.15, 0.2) is 0 Å². The molecule has 0 aliphatic heterocycles. The third kappa shape index (κ3) is 5.58. The number of rotatable bonds is 6. The number of hydrogen-bond donors (Lipinski definition) is 2. The van der Waals surface area contributed by atoms with Crippen molar-refractivity contribution in [3.63, 3.8) is 0 Å². The maximum atomic E-state index is 8.54. The first-order chi connectivity index (χ1) is 27.1. The quantitative estimate of drug-likeness (QED) is 0.131. The second-order valence-electron chi connectivity index (χ2n) is 13.8. The summed E-state index contributed by atoms with van der Waals surface area (Å²) in [6, 6.07) is 67.1. The molecule has 5 nitrogen and oxygen atoms in total. The summed E-state index contributed by atoms with van der Waals surface area (Å²) in [4.78, 5) is 0. The largest absolute Gasteiger partial charge is 0.421 e.